The van der Waals surface area contributed by atoms with E-state index in [-0.39, 0.29) is 10.7 Å². The Labute approximate surface area is 170 Å². The van der Waals surface area contributed by atoms with Crippen molar-refractivity contribution in [1.29, 1.82) is 0 Å². The molecule has 0 amide bonds. The predicted octanol–water partition coefficient (Wildman–Crippen LogP) is 4.20. The number of Topliss-reactive ketones (excluding diaryl/α,β-unsaturated/α-hetero) is 1. The number of carbonyl (C=O) groups is 2. The van der Waals surface area contributed by atoms with Crippen LogP contribution in [0.3, 0.4) is 0 Å². The zero-order chi connectivity index (χ0) is 20.8. The molecule has 0 saturated heterocycles. The number of carboxylic acids is 1. The maximum Gasteiger partial charge on any atom is 0.341 e. The van der Waals surface area contributed by atoms with Crippen LogP contribution in [0.25, 0.3) is 10.2 Å². The Morgan fingerprint density at radius 1 is 1.03 bits per heavy atom. The first-order valence-electron chi connectivity index (χ1n) is 9.02. The molecule has 6 nitrogen and oxygen atoms in total. The van der Waals surface area contributed by atoms with Gasteiger partial charge in [-0.05, 0) is 38.0 Å². The van der Waals surface area contributed by atoms with Gasteiger partial charge in [-0.2, -0.15) is 0 Å². The number of carbonyl (C=O) groups excluding carboxylic acids is 1. The van der Waals surface area contributed by atoms with E-state index < -0.39 is 28.6 Å². The molecule has 7 heteroatoms. The molecule has 0 bridgehead atoms. The average Bonchev–Trinajstić information content (AvgIpc) is 3.10. The third-order valence-corrected chi connectivity index (χ3v) is 5.74. The number of aliphatic imine (C=N–C) groups is 1. The number of aliphatic hydroxyl groups excluding tert-OH is 1. The highest BCUT2D eigenvalue weighted by atomic mass is 32.1. The van der Waals surface area contributed by atoms with Crippen LogP contribution < -0.4 is 0 Å². The number of ketones is 1. The Morgan fingerprint density at radius 2 is 1.72 bits per heavy atom. The number of benzene rings is 2. The lowest BCUT2D eigenvalue weighted by atomic mass is 9.84. The zero-order valence-electron chi connectivity index (χ0n) is 15.8. The number of nitrogens with zero attached hydrogens (tertiary/aromatic N) is 2. The average molecular weight is 406 g/mol. The predicted molar refractivity (Wildman–Crippen MR) is 112 cm³/mol. The molecule has 0 spiro atoms. The molecule has 0 aliphatic carbocycles. The smallest absolute Gasteiger partial charge is 0.341 e. The molecule has 0 atom stereocenters. The fraction of sp³-hybridized carbons (Fsp3) is 0.182. The van der Waals surface area contributed by atoms with E-state index in [1.165, 1.54) is 0 Å². The van der Waals surface area contributed by atoms with Gasteiger partial charge in [0.1, 0.15) is 5.57 Å². The lowest BCUT2D eigenvalue weighted by Crippen LogP contribution is -2.32. The molecule has 2 aromatic carbocycles. The van der Waals surface area contributed by atoms with Crippen LogP contribution in [0.5, 0.6) is 0 Å². The van der Waals surface area contributed by atoms with Gasteiger partial charge in [0.15, 0.2) is 10.8 Å². The monoisotopic (exact) mass is 406 g/mol. The van der Waals surface area contributed by atoms with Crippen LogP contribution in [0.15, 0.2) is 64.9 Å². The molecule has 1 aliphatic rings. The van der Waals surface area contributed by atoms with Crippen molar-refractivity contribution in [2.75, 3.05) is 0 Å². The second kappa shape index (κ2) is 6.93. The second-order valence-corrected chi connectivity index (χ2v) is 8.48. The molecule has 146 valence electrons. The molecule has 29 heavy (non-hydrogen) atoms. The van der Waals surface area contributed by atoms with Crippen molar-refractivity contribution in [3.05, 3.63) is 76.0 Å². The van der Waals surface area contributed by atoms with Crippen LogP contribution in [0, 0.1) is 0 Å². The van der Waals surface area contributed by atoms with Crippen molar-refractivity contribution < 1.29 is 19.8 Å². The molecule has 2 heterocycles. The molecule has 3 aromatic rings. The van der Waals surface area contributed by atoms with Gasteiger partial charge in [0, 0.05) is 5.56 Å². The summed E-state index contributed by atoms with van der Waals surface area (Å²) in [4.78, 5) is 33.8. The van der Waals surface area contributed by atoms with Crippen molar-refractivity contribution in [3.63, 3.8) is 0 Å². The van der Waals surface area contributed by atoms with E-state index in [2.05, 4.69) is 9.98 Å². The summed E-state index contributed by atoms with van der Waals surface area (Å²) in [7, 11) is 0. The normalized spacial score (nSPS) is 16.0. The first-order chi connectivity index (χ1) is 13.8. The molecular weight excluding hydrogens is 388 g/mol. The summed E-state index contributed by atoms with van der Waals surface area (Å²) in [5.41, 5.74) is 1.18. The Balaban J connectivity index is 1.88. The second-order valence-electron chi connectivity index (χ2n) is 7.45. The Bertz CT molecular complexity index is 1190. The fourth-order valence-electron chi connectivity index (χ4n) is 3.46. The van der Waals surface area contributed by atoms with Gasteiger partial charge < -0.3 is 10.2 Å². The molecule has 1 aliphatic heterocycles. The molecular formula is C22H18N2O4S. The summed E-state index contributed by atoms with van der Waals surface area (Å²) in [5, 5.41) is 20.6. The van der Waals surface area contributed by atoms with Crippen LogP contribution in [0.4, 0.5) is 0 Å². The van der Waals surface area contributed by atoms with Gasteiger partial charge in [0.2, 0.25) is 0 Å². The van der Waals surface area contributed by atoms with E-state index >= 15 is 0 Å². The first kappa shape index (κ1) is 19.0. The number of hydrogen-bond acceptors (Lipinski definition) is 6. The van der Waals surface area contributed by atoms with Gasteiger partial charge in [-0.1, -0.05) is 36.4 Å². The third-order valence-electron chi connectivity index (χ3n) is 4.70. The number of para-hydroxylation sites is 1. The molecule has 2 N–H and O–H groups in total. The number of hydrogen-bond donors (Lipinski definition) is 2. The Morgan fingerprint density at radius 3 is 2.45 bits per heavy atom. The van der Waals surface area contributed by atoms with E-state index in [0.717, 1.165) is 21.6 Å². The number of carboxylic acid groups (broad SMARTS) is 1. The van der Waals surface area contributed by atoms with Gasteiger partial charge in [0.25, 0.3) is 5.78 Å². The highest BCUT2D eigenvalue weighted by molar-refractivity contribution is 7.20. The van der Waals surface area contributed by atoms with Crippen molar-refractivity contribution in [1.82, 2.24) is 4.98 Å². The molecule has 1 aromatic heterocycles. The summed E-state index contributed by atoms with van der Waals surface area (Å²) in [6.07, 6.45) is 0.631. The largest absolute Gasteiger partial charge is 0.503 e. The summed E-state index contributed by atoms with van der Waals surface area (Å²) >= 11 is 1.11. The van der Waals surface area contributed by atoms with E-state index in [9.17, 15) is 19.8 Å². The van der Waals surface area contributed by atoms with Gasteiger partial charge in [-0.15, -0.1) is 11.3 Å². The minimum absolute atomic E-state index is 0.0337. The van der Waals surface area contributed by atoms with Gasteiger partial charge >= 0.3 is 5.97 Å². The molecule has 0 radical (unpaired) electrons. The lowest BCUT2D eigenvalue weighted by molar-refractivity contribution is -0.132. The number of rotatable bonds is 4. The summed E-state index contributed by atoms with van der Waals surface area (Å²) in [6, 6.07) is 14.5. The van der Waals surface area contributed by atoms with Crippen molar-refractivity contribution >= 4 is 39.0 Å². The SMILES string of the molecule is CC1(C)Cc2ccccc2C(/C(C(=O)O)=C(\O)C(=O)c2nc3ccccc3s2)=N1. The highest BCUT2D eigenvalue weighted by Gasteiger charge is 2.34. The van der Waals surface area contributed by atoms with Gasteiger partial charge in [-0.25, -0.2) is 9.78 Å². The number of thiazole rings is 1. The maximum atomic E-state index is 12.9. The van der Waals surface area contributed by atoms with E-state index in [1.54, 1.807) is 24.3 Å². The number of fused-ring (bicyclic) bond motifs is 2. The van der Waals surface area contributed by atoms with E-state index in [1.807, 2.05) is 38.1 Å². The Hall–Kier alpha value is -3.32. The highest BCUT2D eigenvalue weighted by Crippen LogP contribution is 2.31. The van der Waals surface area contributed by atoms with Gasteiger partial charge in [-0.3, -0.25) is 9.79 Å². The maximum absolute atomic E-state index is 12.9. The van der Waals surface area contributed by atoms with Crippen LogP contribution in [-0.4, -0.2) is 38.2 Å². The van der Waals surface area contributed by atoms with Gasteiger partial charge in [0.05, 0.1) is 21.5 Å². The summed E-state index contributed by atoms with van der Waals surface area (Å²) in [6.45, 7) is 3.77. The quantitative estimate of drug-likeness (QED) is 0.384. The van der Waals surface area contributed by atoms with E-state index in [0.29, 0.717) is 17.5 Å². The lowest BCUT2D eigenvalue weighted by Gasteiger charge is -2.29. The molecule has 0 unspecified atom stereocenters. The fourth-order valence-corrected chi connectivity index (χ4v) is 4.37. The van der Waals surface area contributed by atoms with Crippen LogP contribution in [-0.2, 0) is 11.2 Å². The minimum atomic E-state index is -1.41. The van der Waals surface area contributed by atoms with E-state index in [4.69, 9.17) is 0 Å². The minimum Gasteiger partial charge on any atom is -0.503 e. The number of aliphatic hydroxyl groups is 1. The number of aromatic nitrogens is 1. The van der Waals surface area contributed by atoms with Crippen molar-refractivity contribution in [2.24, 2.45) is 4.99 Å². The van der Waals surface area contributed by atoms with Crippen LogP contribution in [0.1, 0.15) is 34.8 Å². The standard InChI is InChI=1S/C22H18N2O4S/c1-22(2)11-12-7-3-4-8-13(12)17(24-22)16(21(27)28)18(25)19(26)20-23-14-9-5-6-10-15(14)29-20/h3-10,25H,11H2,1-2H3,(H,27,28)/b18-16+. The zero-order valence-corrected chi connectivity index (χ0v) is 16.7. The Kier molecular flexibility index (Phi) is 4.55. The third kappa shape index (κ3) is 3.45. The number of aliphatic carboxylic acids is 1. The summed E-state index contributed by atoms with van der Waals surface area (Å²) < 4.78 is 0.780. The first-order valence-corrected chi connectivity index (χ1v) is 9.84. The van der Waals surface area contributed by atoms with Crippen LogP contribution >= 0.6 is 11.3 Å². The van der Waals surface area contributed by atoms with Crippen molar-refractivity contribution in [2.45, 2.75) is 25.8 Å². The summed E-state index contributed by atoms with van der Waals surface area (Å²) in [5.74, 6) is -3.10. The van der Waals surface area contributed by atoms with Crippen molar-refractivity contribution in [3.8, 4) is 0 Å². The molecule has 0 saturated carbocycles. The molecule has 0 fully saturated rings. The number of allylic oxidation sites excluding steroid dienone is 1. The topological polar surface area (TPSA) is 99.8 Å². The molecule has 4 rings (SSSR count). The van der Waals surface area contributed by atoms with Crippen LogP contribution in [0.2, 0.25) is 0 Å².